The molecule has 0 saturated carbocycles. The summed E-state index contributed by atoms with van der Waals surface area (Å²) in [5.41, 5.74) is 1.97. The lowest BCUT2D eigenvalue weighted by Gasteiger charge is -2.33. The van der Waals surface area contributed by atoms with Gasteiger partial charge in [0.2, 0.25) is 5.91 Å². The third-order valence-electron chi connectivity index (χ3n) is 3.43. The minimum absolute atomic E-state index is 0.0514. The summed E-state index contributed by atoms with van der Waals surface area (Å²) in [4.78, 5) is 14.2. The number of carbonyl (C=O) groups is 1. The Bertz CT molecular complexity index is 464. The minimum Gasteiger partial charge on any atom is -0.325 e. The van der Waals surface area contributed by atoms with Crippen LogP contribution in [0.15, 0.2) is 22.7 Å². The molecule has 1 heterocycles. The van der Waals surface area contributed by atoms with Crippen molar-refractivity contribution < 1.29 is 4.79 Å². The number of halogens is 1. The lowest BCUT2D eigenvalue weighted by atomic mass is 10.2. The first-order valence-electron chi connectivity index (χ1n) is 6.57. The van der Waals surface area contributed by atoms with Crippen LogP contribution >= 0.6 is 15.9 Å². The van der Waals surface area contributed by atoms with Gasteiger partial charge in [-0.25, -0.2) is 0 Å². The Morgan fingerprint density at radius 1 is 1.58 bits per heavy atom. The molecule has 1 unspecified atom stereocenters. The Hall–Kier alpha value is -0.910. The molecule has 0 radical (unpaired) electrons. The van der Waals surface area contributed by atoms with E-state index in [1.165, 1.54) is 0 Å². The smallest absolute Gasteiger partial charge is 0.238 e. The zero-order chi connectivity index (χ0) is 13.8. The predicted molar refractivity (Wildman–Crippen MR) is 81.4 cm³/mol. The number of nitrogens with one attached hydrogen (secondary N) is 2. The van der Waals surface area contributed by atoms with Gasteiger partial charge in [0.1, 0.15) is 0 Å². The van der Waals surface area contributed by atoms with Crippen LogP contribution in [0.3, 0.4) is 0 Å². The molecular weight excluding hydrogens is 306 g/mol. The van der Waals surface area contributed by atoms with Crippen LogP contribution in [0, 0.1) is 6.92 Å². The summed E-state index contributed by atoms with van der Waals surface area (Å²) >= 11 is 3.46. The van der Waals surface area contributed by atoms with Crippen molar-refractivity contribution >= 4 is 27.5 Å². The number of aryl methyl sites for hydroxylation is 1. The average molecular weight is 326 g/mol. The molecule has 1 amide bonds. The van der Waals surface area contributed by atoms with Crippen LogP contribution in [-0.4, -0.2) is 43.0 Å². The fourth-order valence-electron chi connectivity index (χ4n) is 2.23. The highest BCUT2D eigenvalue weighted by Crippen LogP contribution is 2.20. The first-order valence-corrected chi connectivity index (χ1v) is 7.36. The number of piperazine rings is 1. The number of benzene rings is 1. The number of carbonyl (C=O) groups excluding carboxylic acids is 1. The van der Waals surface area contributed by atoms with Gasteiger partial charge in [-0.2, -0.15) is 0 Å². The number of rotatable bonds is 3. The zero-order valence-corrected chi connectivity index (χ0v) is 13.0. The Labute approximate surface area is 122 Å². The normalized spacial score (nSPS) is 20.3. The second kappa shape index (κ2) is 6.50. The SMILES string of the molecule is Cc1cc(NC(=O)CN2CCNCC2C)ccc1Br. The molecule has 19 heavy (non-hydrogen) atoms. The van der Waals surface area contributed by atoms with E-state index in [1.54, 1.807) is 0 Å². The molecule has 0 aromatic heterocycles. The lowest BCUT2D eigenvalue weighted by molar-refractivity contribution is -0.118. The van der Waals surface area contributed by atoms with Gasteiger partial charge in [-0.3, -0.25) is 9.69 Å². The summed E-state index contributed by atoms with van der Waals surface area (Å²) in [6.07, 6.45) is 0. The van der Waals surface area contributed by atoms with Gasteiger partial charge < -0.3 is 10.6 Å². The van der Waals surface area contributed by atoms with Gasteiger partial charge >= 0.3 is 0 Å². The number of amides is 1. The molecule has 1 saturated heterocycles. The Kier molecular flexibility index (Phi) is 4.96. The zero-order valence-electron chi connectivity index (χ0n) is 11.4. The monoisotopic (exact) mass is 325 g/mol. The summed E-state index contributed by atoms with van der Waals surface area (Å²) < 4.78 is 1.06. The quantitative estimate of drug-likeness (QED) is 0.893. The number of nitrogens with zero attached hydrogens (tertiary/aromatic N) is 1. The van der Waals surface area contributed by atoms with Crippen molar-refractivity contribution in [3.8, 4) is 0 Å². The van der Waals surface area contributed by atoms with Gasteiger partial charge in [0.05, 0.1) is 6.54 Å². The molecule has 1 aromatic rings. The summed E-state index contributed by atoms with van der Waals surface area (Å²) in [6.45, 7) is 7.44. The van der Waals surface area contributed by atoms with Gasteiger partial charge in [-0.1, -0.05) is 15.9 Å². The van der Waals surface area contributed by atoms with Crippen LogP contribution in [0.2, 0.25) is 0 Å². The maximum absolute atomic E-state index is 12.0. The molecule has 1 fully saturated rings. The van der Waals surface area contributed by atoms with Crippen molar-refractivity contribution in [2.24, 2.45) is 0 Å². The first kappa shape index (κ1) is 14.5. The number of hydrogen-bond donors (Lipinski definition) is 2. The van der Waals surface area contributed by atoms with Crippen molar-refractivity contribution in [3.63, 3.8) is 0 Å². The molecule has 2 rings (SSSR count). The van der Waals surface area contributed by atoms with E-state index in [0.717, 1.165) is 35.4 Å². The van der Waals surface area contributed by atoms with E-state index in [2.05, 4.69) is 38.4 Å². The molecule has 5 heteroatoms. The van der Waals surface area contributed by atoms with Crippen LogP contribution in [0.25, 0.3) is 0 Å². The van der Waals surface area contributed by atoms with Crippen LogP contribution in [0.4, 0.5) is 5.69 Å². The second-order valence-corrected chi connectivity index (χ2v) is 5.89. The summed E-state index contributed by atoms with van der Waals surface area (Å²) in [5.74, 6) is 0.0514. The molecule has 0 spiro atoms. The van der Waals surface area contributed by atoms with Crippen molar-refractivity contribution in [1.82, 2.24) is 10.2 Å². The van der Waals surface area contributed by atoms with Gasteiger partial charge in [-0.05, 0) is 37.6 Å². The second-order valence-electron chi connectivity index (χ2n) is 5.04. The molecule has 4 nitrogen and oxygen atoms in total. The van der Waals surface area contributed by atoms with Crippen LogP contribution in [-0.2, 0) is 4.79 Å². The molecule has 2 N–H and O–H groups in total. The Morgan fingerprint density at radius 2 is 2.37 bits per heavy atom. The standard InChI is InChI=1S/C14H20BrN3O/c1-10-7-12(3-4-13(10)15)17-14(19)9-18-6-5-16-8-11(18)2/h3-4,7,11,16H,5-6,8-9H2,1-2H3,(H,17,19). The number of anilines is 1. The maximum Gasteiger partial charge on any atom is 0.238 e. The third kappa shape index (κ3) is 4.03. The lowest BCUT2D eigenvalue weighted by Crippen LogP contribution is -2.51. The highest BCUT2D eigenvalue weighted by atomic mass is 79.9. The van der Waals surface area contributed by atoms with E-state index in [-0.39, 0.29) is 5.91 Å². The average Bonchev–Trinajstić information content (AvgIpc) is 2.37. The fourth-order valence-corrected chi connectivity index (χ4v) is 2.47. The molecular formula is C14H20BrN3O. The highest BCUT2D eigenvalue weighted by Gasteiger charge is 2.20. The van der Waals surface area contributed by atoms with Crippen molar-refractivity contribution in [2.75, 3.05) is 31.5 Å². The van der Waals surface area contributed by atoms with Crippen molar-refractivity contribution in [2.45, 2.75) is 19.9 Å². The summed E-state index contributed by atoms with van der Waals surface area (Å²) in [7, 11) is 0. The molecule has 104 valence electrons. The van der Waals surface area contributed by atoms with E-state index < -0.39 is 0 Å². The van der Waals surface area contributed by atoms with Gasteiger partial charge in [0.15, 0.2) is 0 Å². The van der Waals surface area contributed by atoms with E-state index in [9.17, 15) is 4.79 Å². The molecule has 0 bridgehead atoms. The molecule has 0 aliphatic carbocycles. The van der Waals surface area contributed by atoms with Gasteiger partial charge in [0, 0.05) is 35.8 Å². The Balaban J connectivity index is 1.91. The number of hydrogen-bond acceptors (Lipinski definition) is 3. The maximum atomic E-state index is 12.0. The van der Waals surface area contributed by atoms with Gasteiger partial charge in [0.25, 0.3) is 0 Å². The van der Waals surface area contributed by atoms with E-state index >= 15 is 0 Å². The minimum atomic E-state index is 0.0514. The topological polar surface area (TPSA) is 44.4 Å². The Morgan fingerprint density at radius 3 is 3.05 bits per heavy atom. The molecule has 1 aliphatic rings. The van der Waals surface area contributed by atoms with Crippen LogP contribution in [0.1, 0.15) is 12.5 Å². The van der Waals surface area contributed by atoms with Crippen molar-refractivity contribution in [3.05, 3.63) is 28.2 Å². The first-order chi connectivity index (χ1) is 9.06. The molecule has 1 atom stereocenters. The fraction of sp³-hybridized carbons (Fsp3) is 0.500. The largest absolute Gasteiger partial charge is 0.325 e. The molecule has 1 aliphatic heterocycles. The third-order valence-corrected chi connectivity index (χ3v) is 4.32. The van der Waals surface area contributed by atoms with Gasteiger partial charge in [-0.15, -0.1) is 0 Å². The van der Waals surface area contributed by atoms with Crippen molar-refractivity contribution in [1.29, 1.82) is 0 Å². The highest BCUT2D eigenvalue weighted by molar-refractivity contribution is 9.10. The van der Waals surface area contributed by atoms with Crippen LogP contribution in [0.5, 0.6) is 0 Å². The van der Waals surface area contributed by atoms with Crippen LogP contribution < -0.4 is 10.6 Å². The summed E-state index contributed by atoms with van der Waals surface area (Å²) in [6, 6.07) is 6.25. The predicted octanol–water partition coefficient (Wildman–Crippen LogP) is 1.99. The summed E-state index contributed by atoms with van der Waals surface area (Å²) in [5, 5.41) is 6.28. The van der Waals surface area contributed by atoms with E-state index in [1.807, 2.05) is 25.1 Å². The van der Waals surface area contributed by atoms with E-state index in [4.69, 9.17) is 0 Å². The van der Waals surface area contributed by atoms with E-state index in [0.29, 0.717) is 12.6 Å². The molecule has 1 aromatic carbocycles.